The van der Waals surface area contributed by atoms with Gasteiger partial charge in [0.15, 0.2) is 11.5 Å². The van der Waals surface area contributed by atoms with E-state index in [1.165, 1.54) is 37.3 Å². The molecule has 0 unspecified atom stereocenters. The number of methoxy groups -OCH3 is 2. The van der Waals surface area contributed by atoms with Crippen molar-refractivity contribution in [3.63, 3.8) is 0 Å². The lowest BCUT2D eigenvalue weighted by Gasteiger charge is -2.33. The first kappa shape index (κ1) is 32.0. The molecule has 0 saturated heterocycles. The molecule has 0 radical (unpaired) electrons. The van der Waals surface area contributed by atoms with E-state index in [9.17, 15) is 18.0 Å². The minimum Gasteiger partial charge on any atom is -0.493 e. The number of benzene rings is 3. The van der Waals surface area contributed by atoms with Gasteiger partial charge < -0.3 is 19.7 Å². The average molecular weight is 647 g/mol. The predicted molar refractivity (Wildman–Crippen MR) is 163 cm³/mol. The van der Waals surface area contributed by atoms with Crippen LogP contribution in [0.3, 0.4) is 0 Å². The van der Waals surface area contributed by atoms with E-state index < -0.39 is 34.1 Å². The van der Waals surface area contributed by atoms with Gasteiger partial charge in [0.25, 0.3) is 10.0 Å². The molecule has 41 heavy (non-hydrogen) atoms. The number of anilines is 1. The zero-order valence-electron chi connectivity index (χ0n) is 24.0. The van der Waals surface area contributed by atoms with Gasteiger partial charge in [-0.25, -0.2) is 8.42 Å². The van der Waals surface area contributed by atoms with Gasteiger partial charge in [-0.05, 0) is 69.7 Å². The van der Waals surface area contributed by atoms with Crippen LogP contribution in [0.4, 0.5) is 5.69 Å². The molecule has 0 heterocycles. The summed E-state index contributed by atoms with van der Waals surface area (Å²) in [5.41, 5.74) is 0.557. The normalized spacial score (nSPS) is 12.3. The number of nitrogens with one attached hydrogen (secondary N) is 1. The van der Waals surface area contributed by atoms with E-state index in [1.807, 2.05) is 45.0 Å². The molecule has 0 spiro atoms. The first-order valence-electron chi connectivity index (χ1n) is 12.9. The molecule has 0 fully saturated rings. The molecule has 0 saturated carbocycles. The van der Waals surface area contributed by atoms with E-state index >= 15 is 0 Å². The number of hydrogen-bond donors (Lipinski definition) is 1. The highest BCUT2D eigenvalue weighted by molar-refractivity contribution is 9.10. The van der Waals surface area contributed by atoms with E-state index in [-0.39, 0.29) is 23.1 Å². The molecular weight excluding hydrogens is 610 g/mol. The van der Waals surface area contributed by atoms with Crippen LogP contribution in [0.25, 0.3) is 0 Å². The highest BCUT2D eigenvalue weighted by Crippen LogP contribution is 2.32. The maximum Gasteiger partial charge on any atom is 0.264 e. The van der Waals surface area contributed by atoms with Gasteiger partial charge in [0, 0.05) is 22.6 Å². The number of hydrogen-bond acceptors (Lipinski definition) is 6. The number of para-hydroxylation sites is 1. The largest absolute Gasteiger partial charge is 0.493 e. The van der Waals surface area contributed by atoms with Crippen LogP contribution in [0.1, 0.15) is 33.3 Å². The Hall–Kier alpha value is -3.57. The number of halogens is 1. The number of ether oxygens (including phenoxy) is 2. The molecule has 3 aromatic rings. The molecule has 0 aliphatic carbocycles. The summed E-state index contributed by atoms with van der Waals surface area (Å²) in [6.07, 6.45) is 0. The number of rotatable bonds is 11. The van der Waals surface area contributed by atoms with Gasteiger partial charge in [-0.3, -0.25) is 13.9 Å². The molecule has 3 rings (SSSR count). The molecule has 0 aromatic heterocycles. The first-order valence-corrected chi connectivity index (χ1v) is 15.2. The molecule has 2 amide bonds. The Kier molecular flexibility index (Phi) is 10.4. The summed E-state index contributed by atoms with van der Waals surface area (Å²) in [7, 11) is -1.38. The summed E-state index contributed by atoms with van der Waals surface area (Å²) in [6, 6.07) is 19.1. The molecule has 0 aliphatic heterocycles. The molecule has 1 N–H and O–H groups in total. The third kappa shape index (κ3) is 8.23. The Morgan fingerprint density at radius 2 is 1.54 bits per heavy atom. The van der Waals surface area contributed by atoms with Crippen molar-refractivity contribution >= 4 is 43.5 Å². The van der Waals surface area contributed by atoms with Crippen molar-refractivity contribution in [2.75, 3.05) is 25.1 Å². The molecular formula is C30H36BrN3O6S. The lowest BCUT2D eigenvalue weighted by molar-refractivity contribution is -0.140. The van der Waals surface area contributed by atoms with Crippen molar-refractivity contribution in [2.24, 2.45) is 0 Å². The highest BCUT2D eigenvalue weighted by Gasteiger charge is 2.33. The van der Waals surface area contributed by atoms with Gasteiger partial charge in [0.1, 0.15) is 12.6 Å². The monoisotopic (exact) mass is 645 g/mol. The molecule has 1 atom stereocenters. The summed E-state index contributed by atoms with van der Waals surface area (Å²) in [4.78, 5) is 28.5. The Morgan fingerprint density at radius 3 is 2.10 bits per heavy atom. The van der Waals surface area contributed by atoms with Crippen LogP contribution in [-0.2, 0) is 26.2 Å². The fourth-order valence-corrected chi connectivity index (χ4v) is 5.76. The van der Waals surface area contributed by atoms with E-state index in [2.05, 4.69) is 21.2 Å². The van der Waals surface area contributed by atoms with Gasteiger partial charge in [0.05, 0.1) is 24.8 Å². The van der Waals surface area contributed by atoms with Crippen molar-refractivity contribution in [2.45, 2.75) is 50.7 Å². The molecule has 9 nitrogen and oxygen atoms in total. The molecule has 3 aromatic carbocycles. The van der Waals surface area contributed by atoms with E-state index in [0.717, 1.165) is 14.3 Å². The zero-order chi connectivity index (χ0) is 30.4. The quantitative estimate of drug-likeness (QED) is 0.315. The zero-order valence-corrected chi connectivity index (χ0v) is 26.5. The Balaban J connectivity index is 2.04. The summed E-state index contributed by atoms with van der Waals surface area (Å²) < 4.78 is 40.5. The minimum atomic E-state index is -4.25. The van der Waals surface area contributed by atoms with E-state index in [1.54, 1.807) is 37.3 Å². The van der Waals surface area contributed by atoms with Gasteiger partial charge in [-0.2, -0.15) is 0 Å². The first-order chi connectivity index (χ1) is 19.3. The van der Waals surface area contributed by atoms with Crippen LogP contribution < -0.4 is 19.1 Å². The third-order valence-electron chi connectivity index (χ3n) is 6.20. The number of amides is 2. The fourth-order valence-electron chi connectivity index (χ4n) is 4.07. The number of carbonyl (C=O) groups excluding carboxylic acids is 2. The van der Waals surface area contributed by atoms with Gasteiger partial charge in [-0.1, -0.05) is 46.3 Å². The van der Waals surface area contributed by atoms with Crippen LogP contribution in [0.2, 0.25) is 0 Å². The SMILES string of the molecule is COc1ccc(S(=O)(=O)N(CC(=O)N(Cc2ccc(Br)cc2)[C@H](C)C(=O)NC(C)(C)C)c2ccccc2)cc1OC. The lowest BCUT2D eigenvalue weighted by Crippen LogP contribution is -2.54. The standard InChI is InChI=1S/C30H36BrN3O6S/c1-21(29(36)32-30(2,3)4)33(19-22-12-14-23(31)15-13-22)28(35)20-34(24-10-8-7-9-11-24)41(37,38)25-16-17-26(39-5)27(18-25)40-6/h7-18,21H,19-20H2,1-6H3,(H,32,36)/t21-/m1/s1. The number of nitrogens with zero attached hydrogens (tertiary/aromatic N) is 2. The van der Waals surface area contributed by atoms with Gasteiger partial charge in [-0.15, -0.1) is 0 Å². The molecule has 11 heteroatoms. The summed E-state index contributed by atoms with van der Waals surface area (Å²) >= 11 is 3.41. The van der Waals surface area contributed by atoms with Gasteiger partial charge in [0.2, 0.25) is 11.8 Å². The average Bonchev–Trinajstić information content (AvgIpc) is 2.94. The summed E-state index contributed by atoms with van der Waals surface area (Å²) in [5, 5.41) is 2.92. The van der Waals surface area contributed by atoms with E-state index in [4.69, 9.17) is 9.47 Å². The third-order valence-corrected chi connectivity index (χ3v) is 8.50. The lowest BCUT2D eigenvalue weighted by atomic mass is 10.1. The van der Waals surface area contributed by atoms with Crippen molar-refractivity contribution in [1.29, 1.82) is 0 Å². The topological polar surface area (TPSA) is 105 Å². The maximum atomic E-state index is 14.0. The van der Waals surface area contributed by atoms with Crippen LogP contribution in [0, 0.1) is 0 Å². The predicted octanol–water partition coefficient (Wildman–Crippen LogP) is 4.99. The molecule has 220 valence electrons. The second-order valence-corrected chi connectivity index (χ2v) is 13.2. The van der Waals surface area contributed by atoms with Gasteiger partial charge >= 0.3 is 0 Å². The van der Waals surface area contributed by atoms with Crippen molar-refractivity contribution in [3.05, 3.63) is 82.8 Å². The van der Waals surface area contributed by atoms with Crippen LogP contribution in [-0.4, -0.2) is 57.5 Å². The van der Waals surface area contributed by atoms with Crippen LogP contribution in [0.15, 0.2) is 82.2 Å². The fraction of sp³-hybridized carbons (Fsp3) is 0.333. The second-order valence-electron chi connectivity index (χ2n) is 10.4. The smallest absolute Gasteiger partial charge is 0.264 e. The molecule has 0 bridgehead atoms. The second kappa shape index (κ2) is 13.4. The molecule has 0 aliphatic rings. The summed E-state index contributed by atoms with van der Waals surface area (Å²) in [5.74, 6) is -0.292. The highest BCUT2D eigenvalue weighted by atomic mass is 79.9. The minimum absolute atomic E-state index is 0.0789. The Labute approximate surface area is 250 Å². The van der Waals surface area contributed by atoms with Crippen LogP contribution in [0.5, 0.6) is 11.5 Å². The number of carbonyl (C=O) groups is 2. The Morgan fingerprint density at radius 1 is 0.927 bits per heavy atom. The van der Waals surface area contributed by atoms with Crippen molar-refractivity contribution in [1.82, 2.24) is 10.2 Å². The number of sulfonamides is 1. The van der Waals surface area contributed by atoms with Crippen molar-refractivity contribution < 1.29 is 27.5 Å². The van der Waals surface area contributed by atoms with Crippen molar-refractivity contribution in [3.8, 4) is 11.5 Å². The Bertz CT molecular complexity index is 1460. The maximum absolute atomic E-state index is 14.0. The van der Waals surface area contributed by atoms with E-state index in [0.29, 0.717) is 11.4 Å². The summed E-state index contributed by atoms with van der Waals surface area (Å²) in [6.45, 7) is 6.75. The van der Waals surface area contributed by atoms with Crippen LogP contribution >= 0.6 is 15.9 Å².